The molecule has 0 aliphatic carbocycles. The average molecular weight is 243 g/mol. The van der Waals surface area contributed by atoms with Crippen LogP contribution >= 0.6 is 0 Å². The molecular weight excluding hydrogens is 224 g/mol. The lowest BCUT2D eigenvalue weighted by molar-refractivity contribution is 0.149. The van der Waals surface area contributed by atoms with Crippen molar-refractivity contribution >= 4 is 0 Å². The van der Waals surface area contributed by atoms with Gasteiger partial charge in [-0.15, -0.1) is 0 Å². The molecule has 1 rings (SSSR count). The van der Waals surface area contributed by atoms with Gasteiger partial charge in [-0.2, -0.15) is 0 Å². The zero-order valence-electron chi connectivity index (χ0n) is 10.3. The van der Waals surface area contributed by atoms with Crippen LogP contribution in [-0.2, 0) is 6.54 Å². The highest BCUT2D eigenvalue weighted by Gasteiger charge is 2.24. The maximum atomic E-state index is 13.0. The minimum atomic E-state index is -0.579. The van der Waals surface area contributed by atoms with E-state index in [-0.39, 0.29) is 12.1 Å². The van der Waals surface area contributed by atoms with Gasteiger partial charge in [-0.1, -0.05) is 13.8 Å². The lowest BCUT2D eigenvalue weighted by Crippen LogP contribution is -2.47. The van der Waals surface area contributed by atoms with Crippen molar-refractivity contribution in [2.24, 2.45) is 0 Å². The molecule has 2 N–H and O–H groups in total. The average Bonchev–Trinajstić information content (AvgIpc) is 2.30. The first-order valence-corrected chi connectivity index (χ1v) is 5.86. The maximum absolute atomic E-state index is 13.0. The van der Waals surface area contributed by atoms with E-state index in [0.29, 0.717) is 12.1 Å². The van der Waals surface area contributed by atoms with Crippen LogP contribution in [0.15, 0.2) is 18.2 Å². The summed E-state index contributed by atoms with van der Waals surface area (Å²) in [5, 5.41) is 12.5. The van der Waals surface area contributed by atoms with Crippen LogP contribution in [0.1, 0.15) is 32.3 Å². The molecule has 0 radical (unpaired) electrons. The van der Waals surface area contributed by atoms with E-state index < -0.39 is 11.6 Å². The second-order valence-corrected chi connectivity index (χ2v) is 4.28. The Bertz CT molecular complexity index is 336. The standard InChI is InChI=1S/C13H19F2NO/c1-3-13(4-2,9-17)16-8-10-5-11(14)7-12(15)6-10/h5-7,16-17H,3-4,8-9H2,1-2H3. The number of halogens is 2. The predicted octanol–water partition coefficient (Wildman–Crippen LogP) is 2.61. The fourth-order valence-electron chi connectivity index (χ4n) is 1.78. The molecule has 0 unspecified atom stereocenters. The van der Waals surface area contributed by atoms with E-state index in [9.17, 15) is 13.9 Å². The van der Waals surface area contributed by atoms with Crippen molar-refractivity contribution in [2.45, 2.75) is 38.8 Å². The van der Waals surface area contributed by atoms with E-state index in [0.717, 1.165) is 18.9 Å². The molecule has 1 aromatic rings. The Morgan fingerprint density at radius 1 is 1.12 bits per heavy atom. The Kier molecular flexibility index (Phi) is 5.02. The molecule has 0 aliphatic heterocycles. The molecule has 0 saturated heterocycles. The smallest absolute Gasteiger partial charge is 0.126 e. The second-order valence-electron chi connectivity index (χ2n) is 4.28. The molecule has 1 aromatic carbocycles. The third kappa shape index (κ3) is 3.75. The number of aliphatic hydroxyl groups is 1. The van der Waals surface area contributed by atoms with Gasteiger partial charge in [0, 0.05) is 18.2 Å². The van der Waals surface area contributed by atoms with Crippen molar-refractivity contribution in [2.75, 3.05) is 6.61 Å². The van der Waals surface area contributed by atoms with Gasteiger partial charge in [0.15, 0.2) is 0 Å². The Labute approximate surface area is 101 Å². The summed E-state index contributed by atoms with van der Waals surface area (Å²) in [7, 11) is 0. The van der Waals surface area contributed by atoms with E-state index in [1.165, 1.54) is 12.1 Å². The molecule has 0 aliphatic rings. The first-order valence-electron chi connectivity index (χ1n) is 5.86. The Morgan fingerprint density at radius 3 is 2.06 bits per heavy atom. The van der Waals surface area contributed by atoms with E-state index in [1.54, 1.807) is 0 Å². The van der Waals surface area contributed by atoms with Crippen molar-refractivity contribution in [1.82, 2.24) is 5.32 Å². The van der Waals surface area contributed by atoms with Gasteiger partial charge in [0.2, 0.25) is 0 Å². The summed E-state index contributed by atoms with van der Waals surface area (Å²) in [5.41, 5.74) is 0.171. The van der Waals surface area contributed by atoms with Gasteiger partial charge < -0.3 is 10.4 Å². The monoisotopic (exact) mass is 243 g/mol. The molecule has 0 bridgehead atoms. The lowest BCUT2D eigenvalue weighted by Gasteiger charge is -2.31. The Morgan fingerprint density at radius 2 is 1.65 bits per heavy atom. The maximum Gasteiger partial charge on any atom is 0.126 e. The van der Waals surface area contributed by atoms with E-state index in [2.05, 4.69) is 5.32 Å². The number of hydrogen-bond acceptors (Lipinski definition) is 2. The molecule has 0 heterocycles. The Hall–Kier alpha value is -1.00. The molecule has 4 heteroatoms. The van der Waals surface area contributed by atoms with Crippen LogP contribution < -0.4 is 5.32 Å². The first kappa shape index (κ1) is 14.1. The molecule has 0 fully saturated rings. The van der Waals surface area contributed by atoms with Crippen LogP contribution in [0.3, 0.4) is 0 Å². The summed E-state index contributed by atoms with van der Waals surface area (Å²) < 4.78 is 26.0. The molecule has 2 nitrogen and oxygen atoms in total. The highest BCUT2D eigenvalue weighted by atomic mass is 19.1. The number of aliphatic hydroxyl groups excluding tert-OH is 1. The summed E-state index contributed by atoms with van der Waals surface area (Å²) in [6.45, 7) is 4.30. The largest absolute Gasteiger partial charge is 0.394 e. The van der Waals surface area contributed by atoms with Gasteiger partial charge >= 0.3 is 0 Å². The van der Waals surface area contributed by atoms with Gasteiger partial charge in [-0.3, -0.25) is 0 Å². The molecule has 0 spiro atoms. The zero-order valence-corrected chi connectivity index (χ0v) is 10.3. The third-order valence-corrected chi connectivity index (χ3v) is 3.25. The molecule has 0 amide bonds. The molecule has 0 atom stereocenters. The SMILES string of the molecule is CCC(CC)(CO)NCc1cc(F)cc(F)c1. The van der Waals surface area contributed by atoms with Crippen molar-refractivity contribution in [3.05, 3.63) is 35.4 Å². The summed E-state index contributed by atoms with van der Waals surface area (Å²) in [4.78, 5) is 0. The quantitative estimate of drug-likeness (QED) is 0.805. The molecule has 0 saturated carbocycles. The van der Waals surface area contributed by atoms with Crippen LogP contribution in [0.4, 0.5) is 8.78 Å². The summed E-state index contributed by atoms with van der Waals surface area (Å²) in [6, 6.07) is 3.44. The van der Waals surface area contributed by atoms with Crippen LogP contribution in [-0.4, -0.2) is 17.3 Å². The normalized spacial score (nSPS) is 11.8. The van der Waals surface area contributed by atoms with Gasteiger partial charge in [0.1, 0.15) is 11.6 Å². The predicted molar refractivity (Wildman–Crippen MR) is 63.6 cm³/mol. The summed E-state index contributed by atoms with van der Waals surface area (Å²) >= 11 is 0. The van der Waals surface area contributed by atoms with Crippen molar-refractivity contribution in [3.8, 4) is 0 Å². The van der Waals surface area contributed by atoms with Crippen LogP contribution in [0, 0.1) is 11.6 Å². The summed E-state index contributed by atoms with van der Waals surface area (Å²) in [6.07, 6.45) is 1.52. The number of nitrogens with one attached hydrogen (secondary N) is 1. The molecule has 0 aromatic heterocycles. The first-order chi connectivity index (χ1) is 8.05. The highest BCUT2D eigenvalue weighted by molar-refractivity contribution is 5.18. The lowest BCUT2D eigenvalue weighted by atomic mass is 9.93. The number of hydrogen-bond donors (Lipinski definition) is 2. The fourth-order valence-corrected chi connectivity index (χ4v) is 1.78. The topological polar surface area (TPSA) is 32.3 Å². The van der Waals surface area contributed by atoms with E-state index >= 15 is 0 Å². The van der Waals surface area contributed by atoms with Crippen molar-refractivity contribution in [3.63, 3.8) is 0 Å². The molecule has 17 heavy (non-hydrogen) atoms. The van der Waals surface area contributed by atoms with Gasteiger partial charge in [0.25, 0.3) is 0 Å². The zero-order chi connectivity index (χ0) is 12.9. The van der Waals surface area contributed by atoms with Crippen LogP contribution in [0.2, 0.25) is 0 Å². The van der Waals surface area contributed by atoms with Gasteiger partial charge in [0.05, 0.1) is 6.61 Å². The minimum Gasteiger partial charge on any atom is -0.394 e. The minimum absolute atomic E-state index is 0.0117. The number of rotatable bonds is 6. The van der Waals surface area contributed by atoms with Gasteiger partial charge in [-0.25, -0.2) is 8.78 Å². The van der Waals surface area contributed by atoms with Crippen LogP contribution in [0.25, 0.3) is 0 Å². The van der Waals surface area contributed by atoms with Crippen molar-refractivity contribution < 1.29 is 13.9 Å². The van der Waals surface area contributed by atoms with Gasteiger partial charge in [-0.05, 0) is 30.5 Å². The van der Waals surface area contributed by atoms with Crippen molar-refractivity contribution in [1.29, 1.82) is 0 Å². The van der Waals surface area contributed by atoms with Crippen LogP contribution in [0.5, 0.6) is 0 Å². The second kappa shape index (κ2) is 6.07. The molecular formula is C13H19F2NO. The van der Waals surface area contributed by atoms with E-state index in [1.807, 2.05) is 13.8 Å². The summed E-state index contributed by atoms with van der Waals surface area (Å²) in [5.74, 6) is -1.16. The highest BCUT2D eigenvalue weighted by Crippen LogP contribution is 2.16. The number of benzene rings is 1. The van der Waals surface area contributed by atoms with E-state index in [4.69, 9.17) is 0 Å². The Balaban J connectivity index is 2.71. The third-order valence-electron chi connectivity index (χ3n) is 3.25. The molecule has 96 valence electrons. The fraction of sp³-hybridized carbons (Fsp3) is 0.538.